The average molecular weight is 265 g/mol. The lowest BCUT2D eigenvalue weighted by atomic mass is 10.0. The lowest BCUT2D eigenvalue weighted by Crippen LogP contribution is -2.23. The Hall–Kier alpha value is -2.24. The van der Waals surface area contributed by atoms with E-state index in [0.717, 1.165) is 5.56 Å². The van der Waals surface area contributed by atoms with Gasteiger partial charge in [0.25, 0.3) is 5.69 Å². The summed E-state index contributed by atoms with van der Waals surface area (Å²) >= 11 is 0. The molecular weight excluding hydrogens is 250 g/mol. The minimum absolute atomic E-state index is 0.170. The van der Waals surface area contributed by atoms with E-state index in [-0.39, 0.29) is 17.7 Å². The van der Waals surface area contributed by atoms with Gasteiger partial charge in [0.15, 0.2) is 0 Å². The van der Waals surface area contributed by atoms with Gasteiger partial charge in [-0.2, -0.15) is 0 Å². The van der Waals surface area contributed by atoms with E-state index in [0.29, 0.717) is 0 Å². The Morgan fingerprint density at radius 1 is 1.37 bits per heavy atom. The largest absolute Gasteiger partial charge is 0.457 e. The number of carbonyl (C=O) groups excluding carboxylic acids is 2. The van der Waals surface area contributed by atoms with Crippen molar-refractivity contribution in [1.82, 2.24) is 0 Å². The molecule has 0 radical (unpaired) electrons. The summed E-state index contributed by atoms with van der Waals surface area (Å²) in [7, 11) is 0. The molecule has 0 fully saturated rings. The van der Waals surface area contributed by atoms with Crippen molar-refractivity contribution in [2.75, 3.05) is 0 Å². The summed E-state index contributed by atoms with van der Waals surface area (Å²) in [5, 5.41) is 10.8. The van der Waals surface area contributed by atoms with E-state index in [2.05, 4.69) is 0 Å². The van der Waals surface area contributed by atoms with Crippen LogP contribution in [-0.4, -0.2) is 22.8 Å². The zero-order valence-corrected chi connectivity index (χ0v) is 11.0. The van der Waals surface area contributed by atoms with Crippen LogP contribution in [0.25, 0.3) is 0 Å². The fraction of sp³-hybridized carbons (Fsp3) is 0.385. The molecule has 0 heterocycles. The van der Waals surface area contributed by atoms with Crippen LogP contribution in [0.15, 0.2) is 18.2 Å². The van der Waals surface area contributed by atoms with Gasteiger partial charge in [0, 0.05) is 18.1 Å². The molecule has 0 atom stereocenters. The first-order valence-electron chi connectivity index (χ1n) is 5.79. The van der Waals surface area contributed by atoms with E-state index in [1.165, 1.54) is 12.1 Å². The van der Waals surface area contributed by atoms with E-state index in [1.807, 2.05) is 0 Å². The number of rotatable bonds is 5. The maximum absolute atomic E-state index is 11.6. The summed E-state index contributed by atoms with van der Waals surface area (Å²) in [6.07, 6.45) is -0.729. The van der Waals surface area contributed by atoms with Crippen molar-refractivity contribution >= 4 is 17.4 Å². The smallest absolute Gasteiger partial charge is 0.375 e. The monoisotopic (exact) mass is 265 g/mol. The first-order valence-corrected chi connectivity index (χ1v) is 5.79. The number of hydrogen-bond donors (Lipinski definition) is 0. The molecule has 102 valence electrons. The molecule has 19 heavy (non-hydrogen) atoms. The van der Waals surface area contributed by atoms with Gasteiger partial charge in [-0.15, -0.1) is 0 Å². The molecule has 0 N–H and O–H groups in total. The van der Waals surface area contributed by atoms with E-state index in [1.54, 1.807) is 26.8 Å². The van der Waals surface area contributed by atoms with E-state index < -0.39 is 22.8 Å². The molecule has 0 aliphatic rings. The molecule has 0 saturated carbocycles. The highest BCUT2D eigenvalue weighted by molar-refractivity contribution is 6.34. The van der Waals surface area contributed by atoms with Gasteiger partial charge in [-0.25, -0.2) is 4.79 Å². The van der Waals surface area contributed by atoms with Gasteiger partial charge in [0.1, 0.15) is 0 Å². The summed E-state index contributed by atoms with van der Waals surface area (Å²) in [5.74, 6) is -1.76. The van der Waals surface area contributed by atoms with E-state index >= 15 is 0 Å². The first kappa shape index (κ1) is 14.8. The molecule has 0 spiro atoms. The summed E-state index contributed by atoms with van der Waals surface area (Å²) in [6.45, 7) is 5.00. The van der Waals surface area contributed by atoms with Crippen LogP contribution in [0.4, 0.5) is 5.69 Å². The quantitative estimate of drug-likeness (QED) is 0.351. The third-order valence-corrected chi connectivity index (χ3v) is 2.35. The zero-order chi connectivity index (χ0) is 14.6. The molecule has 0 unspecified atom stereocenters. The minimum atomic E-state index is -0.967. The maximum atomic E-state index is 11.6. The van der Waals surface area contributed by atoms with Crippen molar-refractivity contribution in [2.45, 2.75) is 33.3 Å². The molecule has 0 bridgehead atoms. The molecule has 1 aromatic rings. The van der Waals surface area contributed by atoms with Gasteiger partial charge in [0.2, 0.25) is 5.78 Å². The third kappa shape index (κ3) is 4.17. The van der Waals surface area contributed by atoms with Crippen molar-refractivity contribution in [3.63, 3.8) is 0 Å². The van der Waals surface area contributed by atoms with Crippen molar-refractivity contribution in [1.29, 1.82) is 0 Å². The van der Waals surface area contributed by atoms with Crippen LogP contribution in [0, 0.1) is 17.0 Å². The lowest BCUT2D eigenvalue weighted by Gasteiger charge is -2.07. The molecule has 6 heteroatoms. The van der Waals surface area contributed by atoms with Crippen molar-refractivity contribution in [2.24, 2.45) is 0 Å². The van der Waals surface area contributed by atoms with Crippen LogP contribution in [0.2, 0.25) is 0 Å². The number of nitrogens with zero attached hydrogens (tertiary/aromatic N) is 1. The molecule has 0 saturated heterocycles. The summed E-state index contributed by atoms with van der Waals surface area (Å²) in [6, 6.07) is 4.43. The predicted octanol–water partition coefficient (Wildman–Crippen LogP) is 1.97. The van der Waals surface area contributed by atoms with Gasteiger partial charge in [-0.1, -0.05) is 11.6 Å². The number of nitro benzene ring substituents is 1. The predicted molar refractivity (Wildman–Crippen MR) is 67.8 cm³/mol. The topological polar surface area (TPSA) is 86.5 Å². The highest BCUT2D eigenvalue weighted by Crippen LogP contribution is 2.20. The number of benzene rings is 1. The Balaban J connectivity index is 2.93. The lowest BCUT2D eigenvalue weighted by molar-refractivity contribution is -0.385. The molecule has 1 rings (SSSR count). The maximum Gasteiger partial charge on any atom is 0.375 e. The molecule has 6 nitrogen and oxygen atoms in total. The van der Waals surface area contributed by atoms with Gasteiger partial charge >= 0.3 is 5.97 Å². The number of carbonyl (C=O) groups is 2. The normalized spacial score (nSPS) is 10.3. The molecule has 0 aromatic heterocycles. The Labute approximate surface area is 110 Å². The van der Waals surface area contributed by atoms with Gasteiger partial charge in [-0.05, 0) is 26.8 Å². The van der Waals surface area contributed by atoms with Crippen LogP contribution in [0.5, 0.6) is 0 Å². The number of nitro groups is 1. The number of esters is 1. The van der Waals surface area contributed by atoms with E-state index in [9.17, 15) is 19.7 Å². The Kier molecular flexibility index (Phi) is 4.74. The summed E-state index contributed by atoms with van der Waals surface area (Å²) in [4.78, 5) is 33.3. The molecule has 0 aliphatic carbocycles. The first-order chi connectivity index (χ1) is 8.81. The second kappa shape index (κ2) is 6.08. The SMILES string of the molecule is Cc1ccc([N+](=O)[O-])c(CC(=O)C(=O)OC(C)C)c1. The van der Waals surface area contributed by atoms with Gasteiger partial charge in [0.05, 0.1) is 11.0 Å². The van der Waals surface area contributed by atoms with Crippen LogP contribution < -0.4 is 0 Å². The summed E-state index contributed by atoms with van der Waals surface area (Å²) < 4.78 is 4.76. The summed E-state index contributed by atoms with van der Waals surface area (Å²) in [5.41, 5.74) is 0.831. The van der Waals surface area contributed by atoms with Crippen LogP contribution in [0.3, 0.4) is 0 Å². The minimum Gasteiger partial charge on any atom is -0.457 e. The van der Waals surface area contributed by atoms with Crippen LogP contribution in [0.1, 0.15) is 25.0 Å². The Morgan fingerprint density at radius 3 is 2.53 bits per heavy atom. The number of aryl methyl sites for hydroxylation is 1. The van der Waals surface area contributed by atoms with Crippen LogP contribution >= 0.6 is 0 Å². The molecule has 1 aromatic carbocycles. The third-order valence-electron chi connectivity index (χ3n) is 2.35. The van der Waals surface area contributed by atoms with Crippen LogP contribution in [-0.2, 0) is 20.7 Å². The fourth-order valence-corrected chi connectivity index (χ4v) is 1.56. The molecule has 0 amide bonds. The van der Waals surface area contributed by atoms with Crippen molar-refractivity contribution in [3.8, 4) is 0 Å². The van der Waals surface area contributed by atoms with Crippen molar-refractivity contribution < 1.29 is 19.2 Å². The van der Waals surface area contributed by atoms with E-state index in [4.69, 9.17) is 4.74 Å². The Morgan fingerprint density at radius 2 is 2.00 bits per heavy atom. The average Bonchev–Trinajstić information content (AvgIpc) is 2.27. The molecule has 0 aliphatic heterocycles. The standard InChI is InChI=1S/C13H15NO5/c1-8(2)19-13(16)12(15)7-10-6-9(3)4-5-11(10)14(17)18/h4-6,8H,7H2,1-3H3. The van der Waals surface area contributed by atoms with Crippen molar-refractivity contribution in [3.05, 3.63) is 39.4 Å². The zero-order valence-electron chi connectivity index (χ0n) is 11.0. The second-order valence-corrected chi connectivity index (χ2v) is 4.44. The Bertz CT molecular complexity index is 522. The number of ketones is 1. The van der Waals surface area contributed by atoms with Gasteiger partial charge < -0.3 is 4.74 Å². The second-order valence-electron chi connectivity index (χ2n) is 4.44. The number of ether oxygens (including phenoxy) is 1. The number of Topliss-reactive ketones (excluding diaryl/α,β-unsaturated/α-hetero) is 1. The van der Waals surface area contributed by atoms with Gasteiger partial charge in [-0.3, -0.25) is 14.9 Å². The highest BCUT2D eigenvalue weighted by Gasteiger charge is 2.22. The molecular formula is C13H15NO5. The highest BCUT2D eigenvalue weighted by atomic mass is 16.6. The fourth-order valence-electron chi connectivity index (χ4n) is 1.56. The number of hydrogen-bond acceptors (Lipinski definition) is 5.